The quantitative estimate of drug-likeness (QED) is 0.155. The molecule has 0 spiro atoms. The Bertz CT molecular complexity index is 1370. The molecule has 1 unspecified atom stereocenters. The van der Waals surface area contributed by atoms with Crippen LogP contribution in [0.1, 0.15) is 23.6 Å². The molecule has 2 fully saturated rings. The molecule has 230 valence electrons. The lowest BCUT2D eigenvalue weighted by Crippen LogP contribution is -2.33. The van der Waals surface area contributed by atoms with Gasteiger partial charge in [-0.25, -0.2) is 13.6 Å². The number of fused-ring (bicyclic) bond motifs is 1. The monoisotopic (exact) mass is 604 g/mol. The predicted octanol–water partition coefficient (Wildman–Crippen LogP) is 5.64. The Kier molecular flexibility index (Phi) is 9.51. The van der Waals surface area contributed by atoms with Crippen LogP contribution in [0.4, 0.5) is 22.0 Å². The zero-order chi connectivity index (χ0) is 30.6. The number of benzene rings is 3. The maximum absolute atomic E-state index is 14.1. The van der Waals surface area contributed by atoms with Gasteiger partial charge in [0.1, 0.15) is 18.2 Å². The largest absolute Gasteiger partial charge is 0.492 e. The van der Waals surface area contributed by atoms with Crippen LogP contribution in [-0.4, -0.2) is 55.9 Å². The molecule has 1 aliphatic carbocycles. The Labute approximate surface area is 246 Å². The van der Waals surface area contributed by atoms with Crippen LogP contribution in [0.3, 0.4) is 0 Å². The summed E-state index contributed by atoms with van der Waals surface area (Å²) in [4.78, 5) is 14.7. The fourth-order valence-electron chi connectivity index (χ4n) is 5.56. The standard InChI is InChI=1S/C32H33F5N2O4/c1-2-41-31(40)29(43-28-16-23(33)9-12-27(28)34)15-20-5-10-24(11-6-20)42-14-13-38-30-25-18-39(19-26(25)30)17-21-3-7-22(8-4-21)32(35,36)37/h3-12,16,25-26,29-30,38H,2,13-15,17-19H2,1H3/t25-,26+,29-,30?/m0/s1. The molecule has 6 nitrogen and oxygen atoms in total. The van der Waals surface area contributed by atoms with E-state index >= 15 is 0 Å². The van der Waals surface area contributed by atoms with E-state index in [-0.39, 0.29) is 18.8 Å². The normalized spacial score (nSPS) is 20.4. The third kappa shape index (κ3) is 8.03. The molecule has 4 atom stereocenters. The third-order valence-electron chi connectivity index (χ3n) is 7.76. The van der Waals surface area contributed by atoms with Crippen LogP contribution in [0.25, 0.3) is 0 Å². The summed E-state index contributed by atoms with van der Waals surface area (Å²) < 4.78 is 82.4. The molecule has 3 aromatic carbocycles. The van der Waals surface area contributed by atoms with Gasteiger partial charge < -0.3 is 19.5 Å². The molecular weight excluding hydrogens is 571 g/mol. The van der Waals surface area contributed by atoms with Gasteiger partial charge in [0.15, 0.2) is 17.7 Å². The van der Waals surface area contributed by atoms with E-state index < -0.39 is 35.4 Å². The van der Waals surface area contributed by atoms with E-state index in [0.29, 0.717) is 43.3 Å². The zero-order valence-corrected chi connectivity index (χ0v) is 23.6. The van der Waals surface area contributed by atoms with Crippen molar-refractivity contribution in [3.05, 3.63) is 95.1 Å². The van der Waals surface area contributed by atoms with Crippen molar-refractivity contribution in [2.75, 3.05) is 32.8 Å². The lowest BCUT2D eigenvalue weighted by molar-refractivity contribution is -0.151. The summed E-state index contributed by atoms with van der Waals surface area (Å²) in [5.74, 6) is -0.790. The molecule has 1 saturated carbocycles. The first-order valence-electron chi connectivity index (χ1n) is 14.2. The summed E-state index contributed by atoms with van der Waals surface area (Å²) >= 11 is 0. The van der Waals surface area contributed by atoms with E-state index in [1.54, 1.807) is 43.3 Å². The van der Waals surface area contributed by atoms with Gasteiger partial charge in [-0.1, -0.05) is 24.3 Å². The van der Waals surface area contributed by atoms with E-state index in [1.165, 1.54) is 0 Å². The number of likely N-dealkylation sites (tertiary alicyclic amines) is 1. The summed E-state index contributed by atoms with van der Waals surface area (Å²) in [6.07, 6.45) is -5.38. The lowest BCUT2D eigenvalue weighted by atomic mass is 10.1. The Morgan fingerprint density at radius 3 is 2.30 bits per heavy atom. The van der Waals surface area contributed by atoms with Crippen LogP contribution in [0.2, 0.25) is 0 Å². The van der Waals surface area contributed by atoms with Crippen LogP contribution in [0, 0.1) is 23.5 Å². The minimum absolute atomic E-state index is 0.0942. The zero-order valence-electron chi connectivity index (χ0n) is 23.6. The van der Waals surface area contributed by atoms with Crippen molar-refractivity contribution in [3.8, 4) is 11.5 Å². The number of carbonyl (C=O) groups is 1. The van der Waals surface area contributed by atoms with Crippen molar-refractivity contribution >= 4 is 5.97 Å². The number of alkyl halides is 3. The topological polar surface area (TPSA) is 60.0 Å². The van der Waals surface area contributed by atoms with E-state index in [9.17, 15) is 26.7 Å². The number of ether oxygens (including phenoxy) is 3. The van der Waals surface area contributed by atoms with E-state index in [0.717, 1.165) is 54.5 Å². The Balaban J connectivity index is 1.02. The SMILES string of the molecule is CCOC(=O)[C@H](Cc1ccc(OCCNC2[C@H]3CN(Cc4ccc(C(F)(F)F)cc4)C[C@@H]23)cc1)Oc1cc(F)ccc1F. The fraction of sp³-hybridized carbons (Fsp3) is 0.406. The smallest absolute Gasteiger partial charge is 0.416 e. The Morgan fingerprint density at radius 2 is 1.65 bits per heavy atom. The predicted molar refractivity (Wildman–Crippen MR) is 149 cm³/mol. The number of nitrogens with one attached hydrogen (secondary N) is 1. The molecule has 0 amide bonds. The van der Waals surface area contributed by atoms with Crippen LogP contribution in [0.15, 0.2) is 66.7 Å². The number of rotatable bonds is 13. The summed E-state index contributed by atoms with van der Waals surface area (Å²) in [7, 11) is 0. The van der Waals surface area contributed by atoms with Gasteiger partial charge >= 0.3 is 12.1 Å². The molecule has 0 aromatic heterocycles. The molecule has 1 aliphatic heterocycles. The Morgan fingerprint density at radius 1 is 0.977 bits per heavy atom. The molecule has 1 N–H and O–H groups in total. The van der Waals surface area contributed by atoms with Gasteiger partial charge in [0.05, 0.1) is 12.2 Å². The van der Waals surface area contributed by atoms with E-state index in [1.807, 2.05) is 0 Å². The Hall–Kier alpha value is -3.70. The molecule has 5 rings (SSSR count). The minimum Gasteiger partial charge on any atom is -0.492 e. The summed E-state index contributed by atoms with van der Waals surface area (Å²) in [6, 6.07) is 15.7. The van der Waals surface area contributed by atoms with Gasteiger partial charge in [-0.15, -0.1) is 0 Å². The first-order valence-corrected chi connectivity index (χ1v) is 14.2. The molecule has 2 aliphatic rings. The highest BCUT2D eigenvalue weighted by Crippen LogP contribution is 2.45. The molecule has 3 aromatic rings. The van der Waals surface area contributed by atoms with Gasteiger partial charge in [-0.2, -0.15) is 13.2 Å². The number of carbonyl (C=O) groups excluding carboxylic acids is 1. The van der Waals surface area contributed by atoms with Gasteiger partial charge in [0.2, 0.25) is 0 Å². The number of esters is 1. The lowest BCUT2D eigenvalue weighted by Gasteiger charge is -2.20. The highest BCUT2D eigenvalue weighted by Gasteiger charge is 2.55. The summed E-state index contributed by atoms with van der Waals surface area (Å²) in [5.41, 5.74) is 0.977. The molecule has 43 heavy (non-hydrogen) atoms. The number of hydrogen-bond donors (Lipinski definition) is 1. The van der Waals surface area contributed by atoms with Crippen LogP contribution < -0.4 is 14.8 Å². The van der Waals surface area contributed by atoms with Gasteiger partial charge in [-0.3, -0.25) is 4.90 Å². The first kappa shape index (κ1) is 30.7. The van der Waals surface area contributed by atoms with Crippen LogP contribution in [0.5, 0.6) is 11.5 Å². The highest BCUT2D eigenvalue weighted by atomic mass is 19.4. The second kappa shape index (κ2) is 13.3. The van der Waals surface area contributed by atoms with Crippen molar-refractivity contribution in [2.45, 2.75) is 38.2 Å². The maximum Gasteiger partial charge on any atom is 0.416 e. The molecule has 1 heterocycles. The van der Waals surface area contributed by atoms with Crippen molar-refractivity contribution in [1.82, 2.24) is 10.2 Å². The van der Waals surface area contributed by atoms with Crippen molar-refractivity contribution < 1.29 is 41.0 Å². The van der Waals surface area contributed by atoms with E-state index in [2.05, 4.69) is 10.2 Å². The molecular formula is C32H33F5N2O4. The maximum atomic E-state index is 14.1. The second-order valence-electron chi connectivity index (χ2n) is 10.8. The fourth-order valence-corrected chi connectivity index (χ4v) is 5.56. The first-order chi connectivity index (χ1) is 20.6. The van der Waals surface area contributed by atoms with Gasteiger partial charge in [0, 0.05) is 44.7 Å². The van der Waals surface area contributed by atoms with Crippen LogP contribution in [-0.2, 0) is 28.7 Å². The second-order valence-corrected chi connectivity index (χ2v) is 10.8. The van der Waals surface area contributed by atoms with E-state index in [4.69, 9.17) is 14.2 Å². The highest BCUT2D eigenvalue weighted by molar-refractivity contribution is 5.75. The van der Waals surface area contributed by atoms with Gasteiger partial charge in [0.25, 0.3) is 0 Å². The molecule has 11 heteroatoms. The average molecular weight is 605 g/mol. The van der Waals surface area contributed by atoms with Crippen molar-refractivity contribution in [1.29, 1.82) is 0 Å². The number of halogens is 5. The average Bonchev–Trinajstić information content (AvgIpc) is 3.42. The molecule has 0 bridgehead atoms. The number of hydrogen-bond acceptors (Lipinski definition) is 6. The molecule has 1 saturated heterocycles. The van der Waals surface area contributed by atoms with Gasteiger partial charge in [-0.05, 0) is 66.3 Å². The van der Waals surface area contributed by atoms with Crippen molar-refractivity contribution in [3.63, 3.8) is 0 Å². The summed E-state index contributed by atoms with van der Waals surface area (Å²) in [5, 5.41) is 3.53. The number of piperidine rings is 1. The third-order valence-corrected chi connectivity index (χ3v) is 7.76. The van der Waals surface area contributed by atoms with Crippen LogP contribution >= 0.6 is 0 Å². The number of nitrogens with zero attached hydrogens (tertiary/aromatic N) is 1. The molecule has 0 radical (unpaired) electrons. The van der Waals surface area contributed by atoms with Crippen molar-refractivity contribution in [2.24, 2.45) is 11.8 Å². The summed E-state index contributed by atoms with van der Waals surface area (Å²) in [6.45, 7) is 5.35. The minimum atomic E-state index is -4.32.